The third-order valence-electron chi connectivity index (χ3n) is 26.6. The zero-order valence-electron chi connectivity index (χ0n) is 80.4. The van der Waals surface area contributed by atoms with Gasteiger partial charge in [-0.05, 0) is 19.8 Å². The molecule has 35 atom stereocenters. The van der Waals surface area contributed by atoms with E-state index in [1.165, 1.54) is 109 Å². The third kappa shape index (κ3) is 35.6. The number of unbranched alkanes of at least 4 members (excludes halogenated alkanes) is 28. The molecule has 6 fully saturated rings. The topological polar surface area (TPSA) is 741 Å². The van der Waals surface area contributed by atoms with E-state index in [0.717, 1.165) is 98.3 Å². The molecule has 26 N–H and O–H groups in total. The predicted octanol–water partition coefficient (Wildman–Crippen LogP) is -2.42. The summed E-state index contributed by atoms with van der Waals surface area (Å²) in [5.41, 5.74) is 0. The lowest BCUT2D eigenvalue weighted by atomic mass is 9.86. The van der Waals surface area contributed by atoms with Gasteiger partial charge in [-0.25, -0.2) is 14.4 Å². The van der Waals surface area contributed by atoms with Crippen molar-refractivity contribution in [3.8, 4) is 0 Å². The number of hydrogen-bond acceptors (Lipinski definition) is 39. The van der Waals surface area contributed by atoms with E-state index >= 15 is 0 Å². The summed E-state index contributed by atoms with van der Waals surface area (Å²) in [5, 5.41) is 261. The average Bonchev–Trinajstić information content (AvgIpc) is 0.748. The normalized spacial score (nSPS) is 33.6. The number of aliphatic carboxylic acids is 3. The fourth-order valence-corrected chi connectivity index (χ4v) is 18.9. The first kappa shape index (κ1) is 121. The van der Waals surface area contributed by atoms with Gasteiger partial charge in [-0.3, -0.25) is 19.2 Å². The van der Waals surface area contributed by atoms with Gasteiger partial charge in [0.25, 0.3) is 17.4 Å². The molecule has 0 aliphatic carbocycles. The van der Waals surface area contributed by atoms with Gasteiger partial charge < -0.3 is 195 Å². The molecule has 0 spiro atoms. The Labute approximate surface area is 804 Å². The molecule has 4 amide bonds. The fourth-order valence-electron chi connectivity index (χ4n) is 18.9. The minimum atomic E-state index is -3.70. The Morgan fingerprint density at radius 2 is 0.746 bits per heavy atom. The number of rotatable bonds is 67. The summed E-state index contributed by atoms with van der Waals surface area (Å²) >= 11 is 0. The van der Waals surface area contributed by atoms with Gasteiger partial charge in [0.15, 0.2) is 18.9 Å². The summed E-state index contributed by atoms with van der Waals surface area (Å²) in [7, 11) is 0. The second-order valence-corrected chi connectivity index (χ2v) is 37.8. The molecule has 0 radical (unpaired) electrons. The van der Waals surface area contributed by atoms with E-state index < -0.39 is 332 Å². The van der Waals surface area contributed by atoms with Crippen molar-refractivity contribution in [1.82, 2.24) is 21.3 Å². The minimum absolute atomic E-state index is 0.107. The van der Waals surface area contributed by atoms with Gasteiger partial charge in [0.05, 0.1) is 101 Å². The van der Waals surface area contributed by atoms with E-state index in [0.29, 0.717) is 12.8 Å². The molecule has 46 heteroatoms. The van der Waals surface area contributed by atoms with E-state index in [4.69, 9.17) is 56.8 Å². The van der Waals surface area contributed by atoms with Gasteiger partial charge >= 0.3 is 17.9 Å². The number of ether oxygens (including phenoxy) is 12. The molecule has 0 aromatic heterocycles. The summed E-state index contributed by atoms with van der Waals surface area (Å²) in [5.74, 6) is -23.5. The standard InChI is InChI=1S/C92H162N4O42/c1-7-9-11-13-15-17-19-21-22-23-24-26-28-30-32-34-36-38-66(112)96-55(56(107)37-35-33-31-29-27-25-20-18-16-14-12-10-8-2)49-127-85-76(119)75(118)78(64(47-101)129-85)131-86-77(120)83(79(65(48-102)130-86)132-84-54(39-50(3)103)70(113)72(115)61(44-98)128-84)138-92(89(125)126)42-59(110)69(95-53(6)106)82(137-92)74(117)63(46-100)134-91(88(123)124)41-58(109)68(94-52(5)105)81(136-91)73(116)62(45-99)133-90(87(121)122)40-57(108)67(93-51(4)104)80(135-90)71(114)60(111)43-97/h54-65,67-86,97-102,107-111,113-120H,7-49H2,1-6H3,(H,93,104)(H,94,105)(H,95,106)(H,96,112)(H,121,122)(H,123,124)(H,125,126)/t54-,55+,56-,57+,58+,59+,60-,61-,62-,63-,64-,65-,67-,68-,69-,70-,71-,72+,73-,74-,75-,76-,77-,78-,79+,80?,81?,82?,83-,84+,85-,86+,90-,91-,92+/m1/s1. The van der Waals surface area contributed by atoms with Crippen molar-refractivity contribution < 1.29 is 208 Å². The molecule has 0 aromatic rings. The molecule has 0 bridgehead atoms. The molecular formula is C92H162N4O42. The van der Waals surface area contributed by atoms with Crippen LogP contribution in [0.15, 0.2) is 0 Å². The highest BCUT2D eigenvalue weighted by Gasteiger charge is 2.65. The molecule has 138 heavy (non-hydrogen) atoms. The maximum absolute atomic E-state index is 14.4. The summed E-state index contributed by atoms with van der Waals surface area (Å²) in [4.78, 5) is 107. The predicted molar refractivity (Wildman–Crippen MR) is 479 cm³/mol. The maximum atomic E-state index is 14.4. The Balaban J connectivity index is 1.30. The first-order valence-electron chi connectivity index (χ1n) is 49.4. The molecule has 6 aliphatic heterocycles. The van der Waals surface area contributed by atoms with Crippen molar-refractivity contribution in [2.45, 2.75) is 480 Å². The molecule has 0 aromatic carbocycles. The van der Waals surface area contributed by atoms with Crippen LogP contribution in [0, 0.1) is 5.92 Å². The van der Waals surface area contributed by atoms with Gasteiger partial charge in [-0.2, -0.15) is 0 Å². The number of hydrogen-bond donors (Lipinski definition) is 26. The number of carboxylic acids is 3. The molecule has 6 heterocycles. The van der Waals surface area contributed by atoms with E-state index in [1.54, 1.807) is 0 Å². The smallest absolute Gasteiger partial charge is 0.364 e. The first-order valence-corrected chi connectivity index (χ1v) is 49.4. The van der Waals surface area contributed by atoms with Gasteiger partial charge in [-0.15, -0.1) is 0 Å². The van der Waals surface area contributed by atoms with Gasteiger partial charge in [0.2, 0.25) is 23.6 Å². The number of ketones is 1. The number of aliphatic hydroxyl groups excluding tert-OH is 19. The lowest BCUT2D eigenvalue weighted by Crippen LogP contribution is -2.72. The zero-order chi connectivity index (χ0) is 102. The van der Waals surface area contributed by atoms with Crippen LogP contribution >= 0.6 is 0 Å². The van der Waals surface area contributed by atoms with Crippen LogP contribution < -0.4 is 21.3 Å². The van der Waals surface area contributed by atoms with Crippen LogP contribution in [-0.2, 0) is 95.2 Å². The second-order valence-electron chi connectivity index (χ2n) is 37.8. The Morgan fingerprint density at radius 1 is 0.384 bits per heavy atom. The fraction of sp³-hybridized carbons (Fsp3) is 0.913. The van der Waals surface area contributed by atoms with Gasteiger partial charge in [-0.1, -0.05) is 200 Å². The Kier molecular flexibility index (Phi) is 53.9. The van der Waals surface area contributed by atoms with Crippen LogP contribution in [0.5, 0.6) is 0 Å². The second kappa shape index (κ2) is 61.2. The van der Waals surface area contributed by atoms with Crippen molar-refractivity contribution in [2.24, 2.45) is 5.92 Å². The highest BCUT2D eigenvalue weighted by atomic mass is 16.8. The quantitative estimate of drug-likeness (QED) is 0.0282. The van der Waals surface area contributed by atoms with Crippen LogP contribution in [0.2, 0.25) is 0 Å². The highest BCUT2D eigenvalue weighted by Crippen LogP contribution is 2.45. The van der Waals surface area contributed by atoms with E-state index in [1.807, 2.05) is 0 Å². The molecule has 6 rings (SSSR count). The number of carbonyl (C=O) groups excluding carboxylic acids is 5. The van der Waals surface area contributed by atoms with Crippen molar-refractivity contribution in [3.05, 3.63) is 0 Å². The van der Waals surface area contributed by atoms with Crippen LogP contribution in [0.25, 0.3) is 0 Å². The van der Waals surface area contributed by atoms with Crippen LogP contribution in [-0.4, -0.2) is 413 Å². The summed E-state index contributed by atoms with van der Waals surface area (Å²) in [6.45, 7) is -0.497. The third-order valence-corrected chi connectivity index (χ3v) is 26.6. The molecule has 6 saturated heterocycles. The lowest BCUT2D eigenvalue weighted by Gasteiger charge is -2.53. The molecule has 3 unspecified atom stereocenters. The molecular weight excluding hydrogens is 1830 g/mol. The van der Waals surface area contributed by atoms with E-state index in [2.05, 4.69) is 35.1 Å². The van der Waals surface area contributed by atoms with Gasteiger partial charge in [0.1, 0.15) is 122 Å². The number of nitrogens with one attached hydrogen (secondary N) is 4. The SMILES string of the molecule is CCCCCCCCCCCCCCCCCCCC(=O)N[C@@H](CO[C@@H]1O[C@H](CO)[C@@H](O[C@@H]2O[C@H](CO)[C@H](O[C@@H]3O[C@H](CO)[C@H](O)[C@H](O)[C@H]3CC(C)=O)[C@H](O[C@]3(C(=O)O)C[C@H](O)[C@@H](NC(C)=O)C([C@H](O)[C@@H](CO)O[C@]4(C(=O)O)C[C@H](O)[C@@H](NC(C)=O)C([C@H](O)[C@@H](CO)O[C@]5(C(=O)O)C[C@H](O)[C@@H](NC(C)=O)C([C@H](O)[C@H](O)CO)O5)O4)O3)[C@H]2O)[C@H](O)[C@H]1O)[C@H](O)CCCCCCCCCCCCCCC. The molecule has 46 nitrogen and oxygen atoms in total. The monoisotopic (exact) mass is 2000 g/mol. The number of carboxylic acid groups (broad SMARTS) is 3. The van der Waals surface area contributed by atoms with E-state index in [-0.39, 0.29) is 12.8 Å². The van der Waals surface area contributed by atoms with Crippen molar-refractivity contribution in [2.75, 3.05) is 46.2 Å². The Hall–Kier alpha value is -5.28. The maximum Gasteiger partial charge on any atom is 0.364 e. The van der Waals surface area contributed by atoms with Crippen molar-refractivity contribution in [1.29, 1.82) is 0 Å². The van der Waals surface area contributed by atoms with Crippen LogP contribution in [0.3, 0.4) is 0 Å². The number of amides is 4. The largest absolute Gasteiger partial charge is 0.477 e. The number of aliphatic hydroxyl groups is 19. The lowest BCUT2D eigenvalue weighted by molar-refractivity contribution is -0.404. The first-order chi connectivity index (χ1) is 65.6. The number of Topliss-reactive ketones (excluding diaryl/α,β-unsaturated/α-hetero) is 1. The summed E-state index contributed by atoms with van der Waals surface area (Å²) in [6.07, 6.45) is -32.9. The zero-order valence-corrected chi connectivity index (χ0v) is 80.4. The minimum Gasteiger partial charge on any atom is -0.477 e. The highest BCUT2D eigenvalue weighted by molar-refractivity contribution is 5.79. The summed E-state index contributed by atoms with van der Waals surface area (Å²) < 4.78 is 72.1. The van der Waals surface area contributed by atoms with Gasteiger partial charge in [0, 0.05) is 58.8 Å². The Bertz CT molecular complexity index is 3550. The molecule has 0 saturated carbocycles. The average molecular weight is 2000 g/mol. The Morgan fingerprint density at radius 3 is 1.13 bits per heavy atom. The molecule has 802 valence electrons. The summed E-state index contributed by atoms with van der Waals surface area (Å²) in [6, 6.07) is -7.20. The van der Waals surface area contributed by atoms with Crippen LogP contribution in [0.4, 0.5) is 0 Å². The van der Waals surface area contributed by atoms with Crippen LogP contribution in [0.1, 0.15) is 273 Å². The van der Waals surface area contributed by atoms with Crippen molar-refractivity contribution >= 4 is 47.3 Å². The van der Waals surface area contributed by atoms with E-state index in [9.17, 15) is 151 Å². The molecule has 6 aliphatic rings. The number of carbonyl (C=O) groups is 8. The van der Waals surface area contributed by atoms with Crippen molar-refractivity contribution in [3.63, 3.8) is 0 Å².